The maximum Gasteiger partial charge on any atom is 0.255 e. The molecule has 0 aliphatic carbocycles. The van der Waals surface area contributed by atoms with Crippen LogP contribution in [0.2, 0.25) is 0 Å². The molecule has 4 rings (SSSR count). The van der Waals surface area contributed by atoms with E-state index in [1.54, 1.807) is 41.8 Å². The van der Waals surface area contributed by atoms with Crippen molar-refractivity contribution >= 4 is 22.9 Å². The highest BCUT2D eigenvalue weighted by atomic mass is 32.1. The topological polar surface area (TPSA) is 73.3 Å². The predicted molar refractivity (Wildman–Crippen MR) is 121 cm³/mol. The summed E-state index contributed by atoms with van der Waals surface area (Å²) in [7, 11) is 0. The van der Waals surface area contributed by atoms with Gasteiger partial charge in [-0.2, -0.15) is 0 Å². The molecule has 0 aliphatic heterocycles. The number of amides is 1. The molecule has 156 valence electrons. The van der Waals surface area contributed by atoms with Crippen molar-refractivity contribution in [3.8, 4) is 11.5 Å². The minimum absolute atomic E-state index is 0.225. The van der Waals surface area contributed by atoms with E-state index in [2.05, 4.69) is 15.3 Å². The fourth-order valence-electron chi connectivity index (χ4n) is 2.87. The number of aromatic nitrogens is 2. The van der Waals surface area contributed by atoms with Gasteiger partial charge in [-0.3, -0.25) is 9.78 Å². The minimum atomic E-state index is -0.225. The number of hydrogen-bond donors (Lipinski definition) is 1. The van der Waals surface area contributed by atoms with Crippen LogP contribution in [0, 0.1) is 6.92 Å². The molecule has 0 spiro atoms. The van der Waals surface area contributed by atoms with E-state index < -0.39 is 0 Å². The Morgan fingerprint density at radius 3 is 2.45 bits per heavy atom. The lowest BCUT2D eigenvalue weighted by Crippen LogP contribution is -2.12. The third-order valence-electron chi connectivity index (χ3n) is 4.35. The largest absolute Gasteiger partial charge is 0.487 e. The molecule has 2 heterocycles. The molecule has 0 saturated heterocycles. The summed E-state index contributed by atoms with van der Waals surface area (Å²) in [5.41, 5.74) is 2.86. The third-order valence-corrected chi connectivity index (χ3v) is 5.18. The molecule has 31 heavy (non-hydrogen) atoms. The van der Waals surface area contributed by atoms with Crippen molar-refractivity contribution in [2.75, 3.05) is 5.32 Å². The molecule has 6 nitrogen and oxygen atoms in total. The predicted octanol–water partition coefficient (Wildman–Crippen LogP) is 5.26. The third kappa shape index (κ3) is 5.90. The van der Waals surface area contributed by atoms with Gasteiger partial charge in [0.25, 0.3) is 5.91 Å². The lowest BCUT2D eigenvalue weighted by Gasteiger charge is -2.10. The van der Waals surface area contributed by atoms with Crippen LogP contribution in [0.3, 0.4) is 0 Å². The van der Waals surface area contributed by atoms with Gasteiger partial charge in [-0.25, -0.2) is 4.98 Å². The Morgan fingerprint density at radius 2 is 1.71 bits per heavy atom. The molecule has 0 fully saturated rings. The molecule has 1 N–H and O–H groups in total. The number of anilines is 1. The van der Waals surface area contributed by atoms with Gasteiger partial charge in [0.2, 0.25) is 0 Å². The summed E-state index contributed by atoms with van der Waals surface area (Å²) < 4.78 is 11.6. The van der Waals surface area contributed by atoms with E-state index in [1.165, 1.54) is 0 Å². The van der Waals surface area contributed by atoms with Crippen LogP contribution in [0.4, 0.5) is 5.69 Å². The monoisotopic (exact) mass is 431 g/mol. The van der Waals surface area contributed by atoms with Gasteiger partial charge in [0.15, 0.2) is 0 Å². The highest BCUT2D eigenvalue weighted by Crippen LogP contribution is 2.21. The van der Waals surface area contributed by atoms with Crippen molar-refractivity contribution in [3.05, 3.63) is 100 Å². The summed E-state index contributed by atoms with van der Waals surface area (Å²) in [6, 6.07) is 20.0. The molecular weight excluding hydrogens is 410 g/mol. The molecule has 1 amide bonds. The molecule has 4 aromatic rings. The lowest BCUT2D eigenvalue weighted by atomic mass is 10.2. The first-order valence-corrected chi connectivity index (χ1v) is 10.6. The summed E-state index contributed by atoms with van der Waals surface area (Å²) in [5, 5.41) is 5.87. The average Bonchev–Trinajstić information content (AvgIpc) is 3.22. The molecule has 0 radical (unpaired) electrons. The second kappa shape index (κ2) is 9.86. The molecule has 7 heteroatoms. The Balaban J connectivity index is 1.36. The fraction of sp³-hybridized carbons (Fsp3) is 0.125. The first-order valence-electron chi connectivity index (χ1n) is 9.74. The van der Waals surface area contributed by atoms with E-state index in [4.69, 9.17) is 9.47 Å². The Labute approximate surface area is 184 Å². The van der Waals surface area contributed by atoms with E-state index in [9.17, 15) is 4.79 Å². The number of hydrogen-bond acceptors (Lipinski definition) is 6. The van der Waals surface area contributed by atoms with Gasteiger partial charge in [-0.05, 0) is 49.4 Å². The molecule has 0 saturated carbocycles. The Morgan fingerprint density at radius 1 is 0.935 bits per heavy atom. The zero-order valence-electron chi connectivity index (χ0n) is 16.9. The number of nitrogens with one attached hydrogen (secondary N) is 1. The smallest absolute Gasteiger partial charge is 0.255 e. The molecule has 0 aliphatic rings. The number of carbonyl (C=O) groups is 1. The number of pyridine rings is 1. The number of carbonyl (C=O) groups excluding carboxylic acids is 1. The van der Waals surface area contributed by atoms with Crippen LogP contribution in [-0.4, -0.2) is 15.9 Å². The lowest BCUT2D eigenvalue weighted by molar-refractivity contribution is 0.102. The quantitative estimate of drug-likeness (QED) is 0.412. The van der Waals surface area contributed by atoms with Crippen LogP contribution >= 0.6 is 11.3 Å². The van der Waals surface area contributed by atoms with Crippen molar-refractivity contribution < 1.29 is 14.3 Å². The highest BCUT2D eigenvalue weighted by Gasteiger charge is 2.09. The number of nitrogens with zero attached hydrogens (tertiary/aromatic N) is 2. The first-order chi connectivity index (χ1) is 15.2. The molecular formula is C24H21N3O3S. The van der Waals surface area contributed by atoms with Crippen LogP contribution in [0.25, 0.3) is 0 Å². The molecule has 2 aromatic carbocycles. The second-order valence-corrected chi connectivity index (χ2v) is 7.83. The normalized spacial score (nSPS) is 10.5. The zero-order valence-corrected chi connectivity index (χ0v) is 17.8. The van der Waals surface area contributed by atoms with E-state index in [0.717, 1.165) is 16.4 Å². The van der Waals surface area contributed by atoms with Crippen molar-refractivity contribution in [2.24, 2.45) is 0 Å². The number of benzene rings is 2. The molecule has 0 bridgehead atoms. The Kier molecular flexibility index (Phi) is 6.54. The van der Waals surface area contributed by atoms with Crippen molar-refractivity contribution in [3.63, 3.8) is 0 Å². The summed E-state index contributed by atoms with van der Waals surface area (Å²) in [4.78, 5) is 21.3. The summed E-state index contributed by atoms with van der Waals surface area (Å²) in [5.74, 6) is 1.04. The van der Waals surface area contributed by atoms with Crippen molar-refractivity contribution in [1.29, 1.82) is 0 Å². The van der Waals surface area contributed by atoms with Crippen LogP contribution in [0.1, 0.15) is 26.8 Å². The van der Waals surface area contributed by atoms with Crippen molar-refractivity contribution in [2.45, 2.75) is 20.1 Å². The molecule has 0 atom stereocenters. The Bertz CT molecular complexity index is 1160. The fourth-order valence-corrected chi connectivity index (χ4v) is 3.46. The van der Waals surface area contributed by atoms with Gasteiger partial charge >= 0.3 is 0 Å². The highest BCUT2D eigenvalue weighted by molar-refractivity contribution is 7.09. The standard InChI is InChI=1S/C24H21N3O3S/c1-17-26-21(16-31-17)15-30-22-9-4-6-18(12-22)24(28)27-19-8-5-10-23(13-19)29-14-20-7-2-3-11-25-20/h2-13,16H,14-15H2,1H3,(H,27,28). The summed E-state index contributed by atoms with van der Waals surface area (Å²) >= 11 is 1.58. The van der Waals surface area contributed by atoms with Crippen molar-refractivity contribution in [1.82, 2.24) is 9.97 Å². The number of aryl methyl sites for hydroxylation is 1. The van der Waals surface area contributed by atoms with E-state index in [1.807, 2.05) is 54.8 Å². The van der Waals surface area contributed by atoms with E-state index >= 15 is 0 Å². The molecule has 0 unspecified atom stereocenters. The number of ether oxygens (including phenoxy) is 2. The first kappa shape index (κ1) is 20.6. The van der Waals surface area contributed by atoms with Crippen LogP contribution < -0.4 is 14.8 Å². The SMILES string of the molecule is Cc1nc(COc2cccc(C(=O)Nc3cccc(OCc4ccccn4)c3)c2)cs1. The Hall–Kier alpha value is -3.71. The summed E-state index contributed by atoms with van der Waals surface area (Å²) in [6.45, 7) is 2.68. The maximum absolute atomic E-state index is 12.7. The maximum atomic E-state index is 12.7. The summed E-state index contributed by atoms with van der Waals surface area (Å²) in [6.07, 6.45) is 1.73. The second-order valence-electron chi connectivity index (χ2n) is 6.77. The van der Waals surface area contributed by atoms with Crippen LogP contribution in [-0.2, 0) is 13.2 Å². The van der Waals surface area contributed by atoms with Gasteiger partial charge < -0.3 is 14.8 Å². The minimum Gasteiger partial charge on any atom is -0.487 e. The van der Waals surface area contributed by atoms with Gasteiger partial charge in [-0.1, -0.05) is 18.2 Å². The van der Waals surface area contributed by atoms with Gasteiger partial charge in [0, 0.05) is 28.9 Å². The number of thiazole rings is 1. The van der Waals surface area contributed by atoms with Gasteiger partial charge in [0.05, 0.1) is 16.4 Å². The van der Waals surface area contributed by atoms with Crippen LogP contribution in [0.15, 0.2) is 78.3 Å². The van der Waals surface area contributed by atoms with Crippen LogP contribution in [0.5, 0.6) is 11.5 Å². The van der Waals surface area contributed by atoms with E-state index in [-0.39, 0.29) is 5.91 Å². The number of rotatable bonds is 8. The average molecular weight is 432 g/mol. The van der Waals surface area contributed by atoms with E-state index in [0.29, 0.717) is 36.0 Å². The molecule has 2 aromatic heterocycles. The van der Waals surface area contributed by atoms with Gasteiger partial charge in [0.1, 0.15) is 24.7 Å². The zero-order chi connectivity index (χ0) is 21.5. The van der Waals surface area contributed by atoms with Gasteiger partial charge in [-0.15, -0.1) is 11.3 Å².